The highest BCUT2D eigenvalue weighted by atomic mass is 16.6. The van der Waals surface area contributed by atoms with Gasteiger partial charge in [-0.2, -0.15) is 0 Å². The van der Waals surface area contributed by atoms with E-state index in [4.69, 9.17) is 0 Å². The predicted octanol–water partition coefficient (Wildman–Crippen LogP) is 2.89. The van der Waals surface area contributed by atoms with Crippen LogP contribution in [0.1, 0.15) is 5.56 Å². The molecule has 0 saturated heterocycles. The van der Waals surface area contributed by atoms with Gasteiger partial charge in [-0.15, -0.1) is 0 Å². The molecular formula is C19H14N4O4. The molecule has 0 spiro atoms. The van der Waals surface area contributed by atoms with Gasteiger partial charge in [-0.3, -0.25) is 29.4 Å². The van der Waals surface area contributed by atoms with E-state index in [9.17, 15) is 19.7 Å². The Balaban J connectivity index is 2.05. The molecule has 0 radical (unpaired) electrons. The molecule has 8 nitrogen and oxygen atoms in total. The zero-order chi connectivity index (χ0) is 19.1. The van der Waals surface area contributed by atoms with Gasteiger partial charge in [0.1, 0.15) is 5.65 Å². The summed E-state index contributed by atoms with van der Waals surface area (Å²) in [5.74, 6) is 0. The fraction of sp³-hybridized carbons (Fsp3) is 0.0526. The molecule has 0 aliphatic heterocycles. The van der Waals surface area contributed by atoms with E-state index in [0.29, 0.717) is 22.4 Å². The molecule has 2 aromatic heterocycles. The average Bonchev–Trinajstić information content (AvgIpc) is 3.02. The Morgan fingerprint density at radius 3 is 2.26 bits per heavy atom. The van der Waals surface area contributed by atoms with E-state index in [1.165, 1.54) is 12.1 Å². The third-order valence-corrected chi connectivity index (χ3v) is 4.37. The molecule has 0 fully saturated rings. The van der Waals surface area contributed by atoms with Crippen LogP contribution in [0.15, 0.2) is 64.2 Å². The number of hydrogen-bond acceptors (Lipinski definition) is 4. The Hall–Kier alpha value is -3.94. The normalized spacial score (nSPS) is 11.0. The summed E-state index contributed by atoms with van der Waals surface area (Å²) in [5, 5.41) is 11.2. The van der Waals surface area contributed by atoms with Gasteiger partial charge in [-0.25, -0.2) is 4.79 Å². The molecule has 0 aliphatic carbocycles. The Bertz CT molecular complexity index is 1280. The predicted molar refractivity (Wildman–Crippen MR) is 101 cm³/mol. The van der Waals surface area contributed by atoms with Crippen LogP contribution in [0.5, 0.6) is 0 Å². The molecule has 27 heavy (non-hydrogen) atoms. The lowest BCUT2D eigenvalue weighted by atomic mass is 10.1. The third-order valence-electron chi connectivity index (χ3n) is 4.37. The summed E-state index contributed by atoms with van der Waals surface area (Å²) >= 11 is 0. The number of aromatic nitrogens is 3. The summed E-state index contributed by atoms with van der Waals surface area (Å²) in [5.41, 5.74) is 2.37. The van der Waals surface area contributed by atoms with Crippen molar-refractivity contribution in [3.05, 3.63) is 91.1 Å². The lowest BCUT2D eigenvalue weighted by Gasteiger charge is -2.11. The SMILES string of the molecule is Cc1ccc(-c2cc3c(=O)[nH]c(=O)[nH]c3n2-c2ccc([N+](=O)[O-])cc2)cc1. The first-order chi connectivity index (χ1) is 12.9. The van der Waals surface area contributed by atoms with Crippen molar-refractivity contribution in [2.75, 3.05) is 0 Å². The van der Waals surface area contributed by atoms with Gasteiger partial charge >= 0.3 is 5.69 Å². The molecule has 2 heterocycles. The van der Waals surface area contributed by atoms with Gasteiger partial charge in [0.05, 0.1) is 16.0 Å². The fourth-order valence-corrected chi connectivity index (χ4v) is 3.04. The number of aryl methyl sites for hydroxylation is 1. The van der Waals surface area contributed by atoms with Crippen LogP contribution in [-0.2, 0) is 0 Å². The number of H-pyrrole nitrogens is 2. The third kappa shape index (κ3) is 2.82. The molecule has 0 aliphatic rings. The molecule has 134 valence electrons. The minimum Gasteiger partial charge on any atom is -0.295 e. The van der Waals surface area contributed by atoms with Gasteiger partial charge < -0.3 is 0 Å². The van der Waals surface area contributed by atoms with Crippen molar-refractivity contribution in [3.63, 3.8) is 0 Å². The van der Waals surface area contributed by atoms with Crippen molar-refractivity contribution in [3.8, 4) is 16.9 Å². The van der Waals surface area contributed by atoms with Crippen LogP contribution in [0.4, 0.5) is 5.69 Å². The lowest BCUT2D eigenvalue weighted by molar-refractivity contribution is -0.384. The Kier molecular flexibility index (Phi) is 3.73. The monoisotopic (exact) mass is 362 g/mol. The van der Waals surface area contributed by atoms with Crippen LogP contribution in [0.25, 0.3) is 28.0 Å². The quantitative estimate of drug-likeness (QED) is 0.431. The van der Waals surface area contributed by atoms with Crippen LogP contribution >= 0.6 is 0 Å². The molecular weight excluding hydrogens is 348 g/mol. The molecule has 4 rings (SSSR count). The van der Waals surface area contributed by atoms with E-state index in [2.05, 4.69) is 9.97 Å². The van der Waals surface area contributed by atoms with Gasteiger partial charge in [0.15, 0.2) is 0 Å². The fourth-order valence-electron chi connectivity index (χ4n) is 3.04. The number of rotatable bonds is 3. The summed E-state index contributed by atoms with van der Waals surface area (Å²) in [6, 6.07) is 15.3. The maximum atomic E-state index is 12.2. The summed E-state index contributed by atoms with van der Waals surface area (Å²) in [7, 11) is 0. The number of fused-ring (bicyclic) bond motifs is 1. The number of hydrogen-bond donors (Lipinski definition) is 2. The second-order valence-corrected chi connectivity index (χ2v) is 6.18. The number of nitrogens with zero attached hydrogens (tertiary/aromatic N) is 2. The largest absolute Gasteiger partial charge is 0.327 e. The van der Waals surface area contributed by atoms with Crippen LogP contribution < -0.4 is 11.2 Å². The second-order valence-electron chi connectivity index (χ2n) is 6.18. The Labute approximate surface area is 151 Å². The highest BCUT2D eigenvalue weighted by Gasteiger charge is 2.16. The van der Waals surface area contributed by atoms with E-state index in [1.54, 1.807) is 22.8 Å². The number of nitrogens with one attached hydrogen (secondary N) is 2. The topological polar surface area (TPSA) is 114 Å². The van der Waals surface area contributed by atoms with Gasteiger partial charge in [0.2, 0.25) is 0 Å². The molecule has 4 aromatic rings. The minimum atomic E-state index is -0.621. The lowest BCUT2D eigenvalue weighted by Crippen LogP contribution is -2.22. The molecule has 0 atom stereocenters. The molecule has 0 unspecified atom stereocenters. The molecule has 8 heteroatoms. The standard InChI is InChI=1S/C19H14N4O4/c1-11-2-4-12(5-3-11)16-10-15-17(20-19(25)21-18(15)24)22(16)13-6-8-14(9-7-13)23(26)27/h2-10H,1H3,(H2,20,21,24,25). The molecule has 0 amide bonds. The summed E-state index contributed by atoms with van der Waals surface area (Å²) in [4.78, 5) is 39.4. The number of benzene rings is 2. The van der Waals surface area contributed by atoms with E-state index in [0.717, 1.165) is 11.1 Å². The van der Waals surface area contributed by atoms with Crippen molar-refractivity contribution >= 4 is 16.7 Å². The minimum absolute atomic E-state index is 0.0431. The Morgan fingerprint density at radius 1 is 0.963 bits per heavy atom. The average molecular weight is 362 g/mol. The van der Waals surface area contributed by atoms with Crippen LogP contribution in [0.3, 0.4) is 0 Å². The number of aromatic amines is 2. The van der Waals surface area contributed by atoms with E-state index >= 15 is 0 Å². The zero-order valence-corrected chi connectivity index (χ0v) is 14.2. The first-order valence-electron chi connectivity index (χ1n) is 8.14. The van der Waals surface area contributed by atoms with Crippen molar-refractivity contribution in [1.29, 1.82) is 0 Å². The number of nitro groups is 1. The highest BCUT2D eigenvalue weighted by molar-refractivity contribution is 5.85. The van der Waals surface area contributed by atoms with Crippen molar-refractivity contribution in [1.82, 2.24) is 14.5 Å². The molecule has 0 saturated carbocycles. The number of nitro benzene ring substituents is 1. The van der Waals surface area contributed by atoms with Crippen LogP contribution in [0.2, 0.25) is 0 Å². The van der Waals surface area contributed by atoms with E-state index in [1.807, 2.05) is 31.2 Å². The smallest absolute Gasteiger partial charge is 0.295 e. The first-order valence-corrected chi connectivity index (χ1v) is 8.14. The first kappa shape index (κ1) is 16.5. The summed E-state index contributed by atoms with van der Waals surface area (Å²) in [6.45, 7) is 1.97. The van der Waals surface area contributed by atoms with Crippen LogP contribution in [0, 0.1) is 17.0 Å². The maximum Gasteiger partial charge on any atom is 0.327 e. The van der Waals surface area contributed by atoms with Gasteiger partial charge in [0, 0.05) is 17.8 Å². The van der Waals surface area contributed by atoms with Gasteiger partial charge in [-0.1, -0.05) is 29.8 Å². The number of non-ortho nitro benzene ring substituents is 1. The van der Waals surface area contributed by atoms with Crippen molar-refractivity contribution < 1.29 is 4.92 Å². The highest BCUT2D eigenvalue weighted by Crippen LogP contribution is 2.29. The Morgan fingerprint density at radius 2 is 1.63 bits per heavy atom. The van der Waals surface area contributed by atoms with Crippen molar-refractivity contribution in [2.45, 2.75) is 6.92 Å². The van der Waals surface area contributed by atoms with E-state index in [-0.39, 0.29) is 5.69 Å². The van der Waals surface area contributed by atoms with Crippen molar-refractivity contribution in [2.24, 2.45) is 0 Å². The van der Waals surface area contributed by atoms with Crippen LogP contribution in [-0.4, -0.2) is 19.5 Å². The molecule has 0 bridgehead atoms. The summed E-state index contributed by atoms with van der Waals surface area (Å²) < 4.78 is 1.71. The maximum absolute atomic E-state index is 12.2. The van der Waals surface area contributed by atoms with Gasteiger partial charge in [0.25, 0.3) is 11.2 Å². The van der Waals surface area contributed by atoms with Gasteiger partial charge in [-0.05, 0) is 30.7 Å². The zero-order valence-electron chi connectivity index (χ0n) is 14.2. The summed E-state index contributed by atoms with van der Waals surface area (Å²) in [6.07, 6.45) is 0. The molecule has 2 N–H and O–H groups in total. The van der Waals surface area contributed by atoms with E-state index < -0.39 is 16.2 Å². The molecule has 2 aromatic carbocycles. The second kappa shape index (κ2) is 6.10.